The highest BCUT2D eigenvalue weighted by atomic mass is 16.2. The van der Waals surface area contributed by atoms with Crippen LogP contribution in [-0.2, 0) is 4.79 Å². The van der Waals surface area contributed by atoms with Crippen molar-refractivity contribution in [3.63, 3.8) is 0 Å². The molecular formula is C13H13N3O. The van der Waals surface area contributed by atoms with Crippen LogP contribution in [0.15, 0.2) is 18.5 Å². The molecule has 2 saturated carbocycles. The standard InChI is InChI=1S/C13H13N3O/c14-7-9-8-15-5-2-11(9)16-12(17)10-6-13(10)3-1-4-13/h2,5,8,10H,1,3-4,6H2,(H,15,16,17). The lowest BCUT2D eigenvalue weighted by atomic mass is 9.79. The summed E-state index contributed by atoms with van der Waals surface area (Å²) in [5.41, 5.74) is 1.32. The summed E-state index contributed by atoms with van der Waals surface area (Å²) in [4.78, 5) is 15.9. The summed E-state index contributed by atoms with van der Waals surface area (Å²) in [5, 5.41) is 11.7. The van der Waals surface area contributed by atoms with E-state index in [1.54, 1.807) is 12.3 Å². The Morgan fingerprint density at radius 3 is 3.00 bits per heavy atom. The number of hydrogen-bond acceptors (Lipinski definition) is 3. The van der Waals surface area contributed by atoms with Gasteiger partial charge in [-0.15, -0.1) is 0 Å². The number of pyridine rings is 1. The Balaban J connectivity index is 1.71. The van der Waals surface area contributed by atoms with E-state index in [1.807, 2.05) is 6.07 Å². The number of carbonyl (C=O) groups is 1. The minimum atomic E-state index is 0.0624. The first-order chi connectivity index (χ1) is 8.25. The van der Waals surface area contributed by atoms with E-state index < -0.39 is 0 Å². The molecule has 3 rings (SSSR count). The predicted octanol–water partition coefficient (Wildman–Crippen LogP) is 2.08. The van der Waals surface area contributed by atoms with Crippen molar-refractivity contribution in [3.8, 4) is 6.07 Å². The number of anilines is 1. The Morgan fingerprint density at radius 2 is 2.41 bits per heavy atom. The molecule has 0 aliphatic heterocycles. The number of nitrogens with one attached hydrogen (secondary N) is 1. The van der Waals surface area contributed by atoms with E-state index in [4.69, 9.17) is 5.26 Å². The predicted molar refractivity (Wildman–Crippen MR) is 62.0 cm³/mol. The molecule has 1 spiro atoms. The third-order valence-electron chi connectivity index (χ3n) is 4.05. The molecule has 1 N–H and O–H groups in total. The van der Waals surface area contributed by atoms with Crippen LogP contribution in [0.2, 0.25) is 0 Å². The van der Waals surface area contributed by atoms with Crippen LogP contribution in [0.4, 0.5) is 5.69 Å². The monoisotopic (exact) mass is 227 g/mol. The van der Waals surface area contributed by atoms with Gasteiger partial charge in [0.15, 0.2) is 0 Å². The molecule has 2 fully saturated rings. The van der Waals surface area contributed by atoms with Crippen molar-refractivity contribution in [2.24, 2.45) is 11.3 Å². The molecule has 0 saturated heterocycles. The van der Waals surface area contributed by atoms with Gasteiger partial charge in [-0.1, -0.05) is 6.42 Å². The number of nitrogens with zero attached hydrogens (tertiary/aromatic N) is 2. The summed E-state index contributed by atoms with van der Waals surface area (Å²) in [7, 11) is 0. The van der Waals surface area contributed by atoms with E-state index in [9.17, 15) is 4.79 Å². The number of aromatic nitrogens is 1. The fraction of sp³-hybridized carbons (Fsp3) is 0.462. The van der Waals surface area contributed by atoms with Crippen molar-refractivity contribution in [1.82, 2.24) is 4.98 Å². The maximum absolute atomic E-state index is 12.0. The summed E-state index contributed by atoms with van der Waals surface area (Å²) in [6.07, 6.45) is 7.71. The minimum absolute atomic E-state index is 0.0624. The fourth-order valence-electron chi connectivity index (χ4n) is 2.71. The first-order valence-corrected chi connectivity index (χ1v) is 5.90. The van der Waals surface area contributed by atoms with E-state index in [2.05, 4.69) is 10.3 Å². The normalized spacial score (nSPS) is 23.6. The molecular weight excluding hydrogens is 214 g/mol. The van der Waals surface area contributed by atoms with Gasteiger partial charge in [-0.25, -0.2) is 0 Å². The zero-order chi connectivity index (χ0) is 11.9. The highest BCUT2D eigenvalue weighted by Crippen LogP contribution is 2.65. The van der Waals surface area contributed by atoms with Crippen LogP contribution in [0.1, 0.15) is 31.2 Å². The molecule has 1 heterocycles. The fourth-order valence-corrected chi connectivity index (χ4v) is 2.71. The van der Waals surface area contributed by atoms with E-state index in [0.717, 1.165) is 6.42 Å². The lowest BCUT2D eigenvalue weighted by Crippen LogP contribution is -2.23. The van der Waals surface area contributed by atoms with Gasteiger partial charge in [0.25, 0.3) is 0 Å². The van der Waals surface area contributed by atoms with Gasteiger partial charge < -0.3 is 5.32 Å². The van der Waals surface area contributed by atoms with Gasteiger partial charge in [0, 0.05) is 18.3 Å². The van der Waals surface area contributed by atoms with E-state index in [0.29, 0.717) is 16.7 Å². The van der Waals surface area contributed by atoms with Gasteiger partial charge in [-0.2, -0.15) is 5.26 Å². The van der Waals surface area contributed by atoms with Gasteiger partial charge in [0.2, 0.25) is 5.91 Å². The summed E-state index contributed by atoms with van der Waals surface area (Å²) >= 11 is 0. The Kier molecular flexibility index (Phi) is 2.15. The summed E-state index contributed by atoms with van der Waals surface area (Å²) in [6, 6.07) is 3.70. The summed E-state index contributed by atoms with van der Waals surface area (Å²) in [5.74, 6) is 0.225. The first-order valence-electron chi connectivity index (χ1n) is 5.90. The molecule has 0 radical (unpaired) electrons. The molecule has 17 heavy (non-hydrogen) atoms. The Labute approximate surface area is 99.7 Å². The second kappa shape index (κ2) is 3.56. The number of nitriles is 1. The molecule has 1 aromatic heterocycles. The van der Waals surface area contributed by atoms with Gasteiger partial charge in [-0.3, -0.25) is 9.78 Å². The van der Waals surface area contributed by atoms with Crippen molar-refractivity contribution in [1.29, 1.82) is 5.26 Å². The molecule has 1 amide bonds. The average Bonchev–Trinajstić information content (AvgIpc) is 3.05. The molecule has 2 aliphatic carbocycles. The molecule has 0 bridgehead atoms. The SMILES string of the molecule is N#Cc1cnccc1NC(=O)C1CC12CCC2. The molecule has 2 aliphatic rings. The Hall–Kier alpha value is -1.89. The molecule has 4 nitrogen and oxygen atoms in total. The van der Waals surface area contributed by atoms with Crippen LogP contribution < -0.4 is 5.32 Å². The zero-order valence-electron chi connectivity index (χ0n) is 9.44. The maximum Gasteiger partial charge on any atom is 0.228 e. The van der Waals surface area contributed by atoms with Crippen LogP contribution in [0, 0.1) is 22.7 Å². The largest absolute Gasteiger partial charge is 0.325 e. The van der Waals surface area contributed by atoms with Gasteiger partial charge in [0.05, 0.1) is 11.3 Å². The van der Waals surface area contributed by atoms with Crippen LogP contribution in [0.5, 0.6) is 0 Å². The van der Waals surface area contributed by atoms with Crippen molar-refractivity contribution >= 4 is 11.6 Å². The van der Waals surface area contributed by atoms with E-state index >= 15 is 0 Å². The molecule has 86 valence electrons. The van der Waals surface area contributed by atoms with Crippen LogP contribution in [0.25, 0.3) is 0 Å². The molecule has 1 aromatic rings. The zero-order valence-corrected chi connectivity index (χ0v) is 9.44. The van der Waals surface area contributed by atoms with Crippen molar-refractivity contribution in [2.75, 3.05) is 5.32 Å². The Bertz CT molecular complexity index is 514. The third kappa shape index (κ3) is 1.59. The van der Waals surface area contributed by atoms with Crippen LogP contribution in [0.3, 0.4) is 0 Å². The smallest absolute Gasteiger partial charge is 0.228 e. The van der Waals surface area contributed by atoms with Crippen molar-refractivity contribution < 1.29 is 4.79 Å². The molecule has 1 unspecified atom stereocenters. The maximum atomic E-state index is 12.0. The lowest BCUT2D eigenvalue weighted by Gasteiger charge is -2.26. The second-order valence-electron chi connectivity index (χ2n) is 4.99. The lowest BCUT2D eigenvalue weighted by molar-refractivity contribution is -0.118. The summed E-state index contributed by atoms with van der Waals surface area (Å²) < 4.78 is 0. The van der Waals surface area contributed by atoms with Crippen molar-refractivity contribution in [2.45, 2.75) is 25.7 Å². The van der Waals surface area contributed by atoms with Gasteiger partial charge in [0.1, 0.15) is 6.07 Å². The van der Waals surface area contributed by atoms with Crippen molar-refractivity contribution in [3.05, 3.63) is 24.0 Å². The topological polar surface area (TPSA) is 65.8 Å². The Morgan fingerprint density at radius 1 is 1.59 bits per heavy atom. The highest BCUT2D eigenvalue weighted by Gasteiger charge is 2.60. The average molecular weight is 227 g/mol. The van der Waals surface area contributed by atoms with E-state index in [-0.39, 0.29) is 11.8 Å². The highest BCUT2D eigenvalue weighted by molar-refractivity contribution is 5.96. The van der Waals surface area contributed by atoms with Crippen LogP contribution >= 0.6 is 0 Å². The summed E-state index contributed by atoms with van der Waals surface area (Å²) in [6.45, 7) is 0. The van der Waals surface area contributed by atoms with Gasteiger partial charge in [-0.05, 0) is 30.7 Å². The number of amides is 1. The van der Waals surface area contributed by atoms with Crippen LogP contribution in [-0.4, -0.2) is 10.9 Å². The minimum Gasteiger partial charge on any atom is -0.325 e. The number of rotatable bonds is 2. The van der Waals surface area contributed by atoms with Gasteiger partial charge >= 0.3 is 0 Å². The number of hydrogen-bond donors (Lipinski definition) is 1. The quantitative estimate of drug-likeness (QED) is 0.841. The molecule has 1 atom stereocenters. The molecule has 0 aromatic carbocycles. The molecule has 4 heteroatoms. The first kappa shape index (κ1) is 10.3. The van der Waals surface area contributed by atoms with E-state index in [1.165, 1.54) is 25.5 Å². The number of carbonyl (C=O) groups excluding carboxylic acids is 1. The second-order valence-corrected chi connectivity index (χ2v) is 4.99. The third-order valence-corrected chi connectivity index (χ3v) is 4.05.